The molecule has 0 N–H and O–H groups in total. The summed E-state index contributed by atoms with van der Waals surface area (Å²) >= 11 is 0. The van der Waals surface area contributed by atoms with Crippen LogP contribution < -0.4 is 4.90 Å². The third-order valence-electron chi connectivity index (χ3n) is 3.15. The minimum Gasteiger partial charge on any atom is -0.403 e. The Bertz CT molecular complexity index is 606. The molecule has 1 amide bonds. The van der Waals surface area contributed by atoms with Crippen LogP contribution in [0, 0.1) is 5.92 Å². The molecule has 19 heavy (non-hydrogen) atoms. The van der Waals surface area contributed by atoms with Crippen molar-refractivity contribution >= 4 is 11.9 Å². The number of amides is 1. The van der Waals surface area contributed by atoms with Gasteiger partial charge in [0, 0.05) is 24.4 Å². The standard InChI is InChI=1S/C14H13N3O2/c1-2-10-8-12(18)17(9-10)14-16-15-13(19-14)11-6-4-3-5-7-11/h2-7,10H,1,8-9H2. The Kier molecular flexibility index (Phi) is 2.87. The van der Waals surface area contributed by atoms with Crippen molar-refractivity contribution in [2.75, 3.05) is 11.4 Å². The van der Waals surface area contributed by atoms with Crippen LogP contribution in [0.5, 0.6) is 0 Å². The van der Waals surface area contributed by atoms with E-state index in [-0.39, 0.29) is 17.8 Å². The Morgan fingerprint density at radius 3 is 2.79 bits per heavy atom. The van der Waals surface area contributed by atoms with Gasteiger partial charge in [-0.25, -0.2) is 0 Å². The lowest BCUT2D eigenvalue weighted by Crippen LogP contribution is -2.24. The van der Waals surface area contributed by atoms with Crippen LogP contribution in [0.25, 0.3) is 11.5 Å². The molecule has 96 valence electrons. The van der Waals surface area contributed by atoms with E-state index in [1.807, 2.05) is 30.3 Å². The lowest BCUT2D eigenvalue weighted by atomic mass is 10.1. The topological polar surface area (TPSA) is 59.2 Å². The van der Waals surface area contributed by atoms with Gasteiger partial charge in [0.2, 0.25) is 11.8 Å². The predicted molar refractivity (Wildman–Crippen MR) is 70.4 cm³/mol. The van der Waals surface area contributed by atoms with E-state index in [4.69, 9.17) is 4.42 Å². The zero-order chi connectivity index (χ0) is 13.2. The maximum atomic E-state index is 11.8. The first-order chi connectivity index (χ1) is 9.28. The second-order valence-electron chi connectivity index (χ2n) is 4.46. The average molecular weight is 255 g/mol. The third kappa shape index (κ3) is 2.14. The lowest BCUT2D eigenvalue weighted by Gasteiger charge is -2.09. The van der Waals surface area contributed by atoms with Crippen molar-refractivity contribution in [3.05, 3.63) is 43.0 Å². The van der Waals surface area contributed by atoms with Gasteiger partial charge in [0.25, 0.3) is 0 Å². The molecule has 0 saturated carbocycles. The summed E-state index contributed by atoms with van der Waals surface area (Å²) < 4.78 is 5.57. The van der Waals surface area contributed by atoms with Crippen LogP contribution in [-0.4, -0.2) is 22.6 Å². The first kappa shape index (κ1) is 11.6. The molecular formula is C14H13N3O2. The Morgan fingerprint density at radius 2 is 2.11 bits per heavy atom. The van der Waals surface area contributed by atoms with Crippen LogP contribution in [0.3, 0.4) is 0 Å². The molecule has 5 heteroatoms. The zero-order valence-electron chi connectivity index (χ0n) is 10.3. The Labute approximate surface area is 110 Å². The molecule has 0 spiro atoms. The number of carbonyl (C=O) groups is 1. The van der Waals surface area contributed by atoms with Gasteiger partial charge in [-0.1, -0.05) is 29.4 Å². The van der Waals surface area contributed by atoms with E-state index >= 15 is 0 Å². The normalized spacial score (nSPS) is 18.8. The van der Waals surface area contributed by atoms with Gasteiger partial charge in [-0.2, -0.15) is 0 Å². The van der Waals surface area contributed by atoms with E-state index in [1.54, 1.807) is 6.08 Å². The second-order valence-corrected chi connectivity index (χ2v) is 4.46. The fourth-order valence-electron chi connectivity index (χ4n) is 2.10. The molecule has 1 saturated heterocycles. The first-order valence-electron chi connectivity index (χ1n) is 6.10. The second kappa shape index (κ2) is 4.68. The predicted octanol–water partition coefficient (Wildman–Crippen LogP) is 2.28. The summed E-state index contributed by atoms with van der Waals surface area (Å²) in [7, 11) is 0. The molecule has 1 aromatic heterocycles. The Balaban J connectivity index is 1.86. The van der Waals surface area contributed by atoms with Crippen LogP contribution in [0.2, 0.25) is 0 Å². The zero-order valence-corrected chi connectivity index (χ0v) is 10.3. The highest BCUT2D eigenvalue weighted by molar-refractivity contribution is 5.94. The molecule has 2 aromatic rings. The van der Waals surface area contributed by atoms with E-state index in [2.05, 4.69) is 16.8 Å². The van der Waals surface area contributed by atoms with Crippen molar-refractivity contribution in [3.8, 4) is 11.5 Å². The number of hydrogen-bond donors (Lipinski definition) is 0. The number of carbonyl (C=O) groups excluding carboxylic acids is 1. The minimum absolute atomic E-state index is 0.00633. The molecule has 1 aromatic carbocycles. The van der Waals surface area contributed by atoms with Crippen LogP contribution in [-0.2, 0) is 4.79 Å². The van der Waals surface area contributed by atoms with Crippen molar-refractivity contribution in [1.29, 1.82) is 0 Å². The molecule has 2 heterocycles. The summed E-state index contributed by atoms with van der Waals surface area (Å²) in [4.78, 5) is 13.4. The van der Waals surface area contributed by atoms with Gasteiger partial charge in [0.05, 0.1) is 0 Å². The molecule has 1 atom stereocenters. The first-order valence-corrected chi connectivity index (χ1v) is 6.10. The van der Waals surface area contributed by atoms with Crippen molar-refractivity contribution in [2.45, 2.75) is 6.42 Å². The highest BCUT2D eigenvalue weighted by atomic mass is 16.4. The lowest BCUT2D eigenvalue weighted by molar-refractivity contribution is -0.117. The quantitative estimate of drug-likeness (QED) is 0.789. The van der Waals surface area contributed by atoms with Crippen molar-refractivity contribution in [2.24, 2.45) is 5.92 Å². The van der Waals surface area contributed by atoms with Crippen LogP contribution in [0.15, 0.2) is 47.4 Å². The molecule has 5 nitrogen and oxygen atoms in total. The summed E-state index contributed by atoms with van der Waals surface area (Å²) in [6.45, 7) is 4.27. The van der Waals surface area contributed by atoms with E-state index in [9.17, 15) is 4.79 Å². The summed E-state index contributed by atoms with van der Waals surface area (Å²) in [5.41, 5.74) is 0.841. The van der Waals surface area contributed by atoms with Crippen LogP contribution >= 0.6 is 0 Å². The molecule has 3 rings (SSSR count). The summed E-state index contributed by atoms with van der Waals surface area (Å²) in [5, 5.41) is 7.93. The number of rotatable bonds is 3. The van der Waals surface area contributed by atoms with Gasteiger partial charge in [-0.3, -0.25) is 9.69 Å². The summed E-state index contributed by atoms with van der Waals surface area (Å²) in [6, 6.07) is 9.74. The van der Waals surface area contributed by atoms with Gasteiger partial charge >= 0.3 is 6.01 Å². The number of benzene rings is 1. The fourth-order valence-corrected chi connectivity index (χ4v) is 2.10. The number of aromatic nitrogens is 2. The average Bonchev–Trinajstić information content (AvgIpc) is 3.06. The van der Waals surface area contributed by atoms with Gasteiger partial charge < -0.3 is 4.42 Å². The van der Waals surface area contributed by atoms with Gasteiger partial charge in [-0.15, -0.1) is 11.7 Å². The molecule has 1 fully saturated rings. The third-order valence-corrected chi connectivity index (χ3v) is 3.15. The van der Waals surface area contributed by atoms with Gasteiger partial charge in [-0.05, 0) is 12.1 Å². The van der Waals surface area contributed by atoms with E-state index in [1.165, 1.54) is 4.90 Å². The number of hydrogen-bond acceptors (Lipinski definition) is 4. The fraction of sp³-hybridized carbons (Fsp3) is 0.214. The number of nitrogens with zero attached hydrogens (tertiary/aromatic N) is 3. The molecule has 0 bridgehead atoms. The van der Waals surface area contributed by atoms with Crippen LogP contribution in [0.1, 0.15) is 6.42 Å². The smallest absolute Gasteiger partial charge is 0.325 e. The largest absolute Gasteiger partial charge is 0.403 e. The summed E-state index contributed by atoms with van der Waals surface area (Å²) in [5.74, 6) is 0.568. The van der Waals surface area contributed by atoms with Crippen molar-refractivity contribution in [1.82, 2.24) is 10.2 Å². The Hall–Kier alpha value is -2.43. The molecule has 1 aliphatic heterocycles. The van der Waals surface area contributed by atoms with Crippen molar-refractivity contribution < 1.29 is 9.21 Å². The van der Waals surface area contributed by atoms with E-state index in [0.29, 0.717) is 18.9 Å². The molecule has 0 radical (unpaired) electrons. The van der Waals surface area contributed by atoms with E-state index < -0.39 is 0 Å². The maximum absolute atomic E-state index is 11.8. The minimum atomic E-state index is -0.00633. The highest BCUT2D eigenvalue weighted by Gasteiger charge is 2.32. The molecule has 0 aliphatic carbocycles. The molecule has 1 unspecified atom stereocenters. The van der Waals surface area contributed by atoms with E-state index in [0.717, 1.165) is 5.56 Å². The van der Waals surface area contributed by atoms with Crippen molar-refractivity contribution in [3.63, 3.8) is 0 Å². The van der Waals surface area contributed by atoms with Crippen LogP contribution in [0.4, 0.5) is 6.01 Å². The summed E-state index contributed by atoms with van der Waals surface area (Å²) in [6.07, 6.45) is 2.24. The van der Waals surface area contributed by atoms with Gasteiger partial charge in [0.15, 0.2) is 0 Å². The highest BCUT2D eigenvalue weighted by Crippen LogP contribution is 2.27. The molecular weight excluding hydrogens is 242 g/mol. The number of anilines is 1. The monoisotopic (exact) mass is 255 g/mol. The maximum Gasteiger partial charge on any atom is 0.325 e. The van der Waals surface area contributed by atoms with Gasteiger partial charge in [0.1, 0.15) is 0 Å². The molecule has 1 aliphatic rings. The Morgan fingerprint density at radius 1 is 1.32 bits per heavy atom. The SMILES string of the molecule is C=CC1CC(=O)N(c2nnc(-c3ccccc3)o2)C1.